The van der Waals surface area contributed by atoms with E-state index in [9.17, 15) is 9.18 Å². The molecular formula is C18H18FN3O3. The molecule has 1 fully saturated rings. The van der Waals surface area contributed by atoms with Crippen LogP contribution in [0.25, 0.3) is 11.4 Å². The van der Waals surface area contributed by atoms with Gasteiger partial charge in [-0.15, -0.1) is 0 Å². The Bertz CT molecular complexity index is 823. The Morgan fingerprint density at radius 2 is 2.20 bits per heavy atom. The van der Waals surface area contributed by atoms with E-state index in [1.54, 1.807) is 4.90 Å². The average molecular weight is 343 g/mol. The van der Waals surface area contributed by atoms with Gasteiger partial charge in [-0.3, -0.25) is 4.79 Å². The van der Waals surface area contributed by atoms with Gasteiger partial charge >= 0.3 is 0 Å². The highest BCUT2D eigenvalue weighted by Gasteiger charge is 2.31. The lowest BCUT2D eigenvalue weighted by Crippen LogP contribution is -2.34. The summed E-state index contributed by atoms with van der Waals surface area (Å²) in [4.78, 5) is 23.1. The lowest BCUT2D eigenvalue weighted by atomic mass is 10.1. The number of carbonyl (C=O) groups excluding carboxylic acids is 1. The molecule has 2 aromatic rings. The second kappa shape index (κ2) is 6.31. The van der Waals surface area contributed by atoms with Crippen molar-refractivity contribution in [2.24, 2.45) is 5.92 Å². The fraction of sp³-hybridized carbons (Fsp3) is 0.389. The maximum absolute atomic E-state index is 13.6. The summed E-state index contributed by atoms with van der Waals surface area (Å²) in [6.45, 7) is 1.66. The Kier molecular flexibility index (Phi) is 3.99. The van der Waals surface area contributed by atoms with E-state index in [1.165, 1.54) is 44.3 Å². The molecule has 4 rings (SSSR count). The van der Waals surface area contributed by atoms with Crippen LogP contribution in [0, 0.1) is 11.7 Å². The van der Waals surface area contributed by atoms with Crippen molar-refractivity contribution >= 4 is 5.91 Å². The zero-order valence-electron chi connectivity index (χ0n) is 13.9. The van der Waals surface area contributed by atoms with Gasteiger partial charge in [0.05, 0.1) is 19.2 Å². The molecule has 0 saturated heterocycles. The molecule has 25 heavy (non-hydrogen) atoms. The topological polar surface area (TPSA) is 64.6 Å². The van der Waals surface area contributed by atoms with Crippen molar-refractivity contribution in [1.82, 2.24) is 14.9 Å². The number of halogens is 1. The minimum absolute atomic E-state index is 0.114. The molecule has 7 heteroatoms. The minimum Gasteiger partial charge on any atom is -0.496 e. The van der Waals surface area contributed by atoms with Gasteiger partial charge in [-0.2, -0.15) is 4.98 Å². The van der Waals surface area contributed by atoms with E-state index < -0.39 is 5.82 Å². The van der Waals surface area contributed by atoms with Crippen LogP contribution in [0.2, 0.25) is 0 Å². The summed E-state index contributed by atoms with van der Waals surface area (Å²) in [6, 6.07) is 4.13. The summed E-state index contributed by atoms with van der Waals surface area (Å²) in [5.74, 6) is 1.02. The molecule has 6 nitrogen and oxygen atoms in total. The molecule has 1 amide bonds. The first-order chi connectivity index (χ1) is 12.2. The van der Waals surface area contributed by atoms with Crippen molar-refractivity contribution in [2.45, 2.75) is 12.8 Å². The van der Waals surface area contributed by atoms with Crippen LogP contribution < -0.4 is 9.47 Å². The van der Waals surface area contributed by atoms with E-state index in [2.05, 4.69) is 9.97 Å². The van der Waals surface area contributed by atoms with Crippen LogP contribution in [-0.2, 0) is 0 Å². The molecule has 0 radical (unpaired) electrons. The van der Waals surface area contributed by atoms with Crippen molar-refractivity contribution in [1.29, 1.82) is 0 Å². The standard InChI is InChI=1S/C18H18FN3O3/c1-24-15-5-4-12(19)8-13(15)16-20-9-14-17(21-16)25-7-6-22(18(14)23)10-11-2-3-11/h4-5,8-9,11H,2-3,6-7,10H2,1H3. The van der Waals surface area contributed by atoms with Crippen LogP contribution >= 0.6 is 0 Å². The number of carbonyl (C=O) groups is 1. The number of aromatic nitrogens is 2. The second-order valence-electron chi connectivity index (χ2n) is 6.30. The number of hydrogen-bond donors (Lipinski definition) is 0. The summed E-state index contributed by atoms with van der Waals surface area (Å²) in [7, 11) is 1.50. The number of amides is 1. The summed E-state index contributed by atoms with van der Waals surface area (Å²) >= 11 is 0. The van der Waals surface area contributed by atoms with Crippen LogP contribution in [0.1, 0.15) is 23.2 Å². The van der Waals surface area contributed by atoms with Crippen molar-refractivity contribution in [3.8, 4) is 23.0 Å². The van der Waals surface area contributed by atoms with E-state index in [-0.39, 0.29) is 17.6 Å². The average Bonchev–Trinajstić information content (AvgIpc) is 3.45. The Morgan fingerprint density at radius 3 is 2.96 bits per heavy atom. The third-order valence-electron chi connectivity index (χ3n) is 4.45. The summed E-state index contributed by atoms with van der Waals surface area (Å²) in [5.41, 5.74) is 0.762. The van der Waals surface area contributed by atoms with Gasteiger partial charge in [0.1, 0.15) is 23.7 Å². The number of benzene rings is 1. The van der Waals surface area contributed by atoms with Gasteiger partial charge in [0, 0.05) is 12.7 Å². The molecule has 0 N–H and O–H groups in total. The maximum atomic E-state index is 13.6. The van der Waals surface area contributed by atoms with Crippen LogP contribution in [0.5, 0.6) is 11.6 Å². The van der Waals surface area contributed by atoms with Crippen molar-refractivity contribution in [2.75, 3.05) is 26.8 Å². The molecule has 2 heterocycles. The smallest absolute Gasteiger partial charge is 0.261 e. The van der Waals surface area contributed by atoms with Crippen LogP contribution in [0.4, 0.5) is 4.39 Å². The highest BCUT2D eigenvalue weighted by molar-refractivity contribution is 5.96. The summed E-state index contributed by atoms with van der Waals surface area (Å²) < 4.78 is 24.5. The van der Waals surface area contributed by atoms with Crippen LogP contribution in [0.3, 0.4) is 0 Å². The normalized spacial score (nSPS) is 16.9. The fourth-order valence-corrected chi connectivity index (χ4v) is 2.92. The number of rotatable bonds is 4. The molecule has 1 aromatic heterocycles. The third-order valence-corrected chi connectivity index (χ3v) is 4.45. The SMILES string of the molecule is COc1ccc(F)cc1-c1ncc2c(n1)OCCN(CC1CC1)C2=O. The highest BCUT2D eigenvalue weighted by atomic mass is 19.1. The predicted molar refractivity (Wildman–Crippen MR) is 88.1 cm³/mol. The Balaban J connectivity index is 1.69. The van der Waals surface area contributed by atoms with E-state index in [0.717, 1.165) is 6.54 Å². The van der Waals surface area contributed by atoms with Crippen LogP contribution in [-0.4, -0.2) is 47.6 Å². The van der Waals surface area contributed by atoms with E-state index >= 15 is 0 Å². The number of nitrogens with zero attached hydrogens (tertiary/aromatic N) is 3. The number of ether oxygens (including phenoxy) is 2. The van der Waals surface area contributed by atoms with Gasteiger partial charge < -0.3 is 14.4 Å². The summed E-state index contributed by atoms with van der Waals surface area (Å²) in [6.07, 6.45) is 3.80. The maximum Gasteiger partial charge on any atom is 0.261 e. The van der Waals surface area contributed by atoms with Gasteiger partial charge in [-0.25, -0.2) is 9.37 Å². The van der Waals surface area contributed by atoms with E-state index in [4.69, 9.17) is 9.47 Å². The molecule has 130 valence electrons. The van der Waals surface area contributed by atoms with Gasteiger partial charge in [-0.1, -0.05) is 0 Å². The van der Waals surface area contributed by atoms with Gasteiger partial charge in [0.2, 0.25) is 5.88 Å². The quantitative estimate of drug-likeness (QED) is 0.854. The first-order valence-corrected chi connectivity index (χ1v) is 8.28. The first-order valence-electron chi connectivity index (χ1n) is 8.28. The lowest BCUT2D eigenvalue weighted by Gasteiger charge is -2.19. The molecule has 1 aliphatic heterocycles. The Hall–Kier alpha value is -2.70. The van der Waals surface area contributed by atoms with Crippen molar-refractivity contribution in [3.63, 3.8) is 0 Å². The number of fused-ring (bicyclic) bond motifs is 1. The first kappa shape index (κ1) is 15.8. The lowest BCUT2D eigenvalue weighted by molar-refractivity contribution is 0.0747. The molecule has 0 spiro atoms. The van der Waals surface area contributed by atoms with Gasteiger partial charge in [0.15, 0.2) is 5.82 Å². The molecule has 1 aromatic carbocycles. The molecular weight excluding hydrogens is 325 g/mol. The number of methoxy groups -OCH3 is 1. The largest absolute Gasteiger partial charge is 0.496 e. The molecule has 2 aliphatic rings. The predicted octanol–water partition coefficient (Wildman–Crippen LogP) is 2.54. The molecule has 1 aliphatic carbocycles. The highest BCUT2D eigenvalue weighted by Crippen LogP contribution is 2.33. The van der Waals surface area contributed by atoms with Crippen molar-refractivity contribution in [3.05, 3.63) is 35.8 Å². The zero-order valence-corrected chi connectivity index (χ0v) is 13.9. The van der Waals surface area contributed by atoms with Crippen LogP contribution in [0.15, 0.2) is 24.4 Å². The third kappa shape index (κ3) is 3.14. The molecule has 0 unspecified atom stereocenters. The summed E-state index contributed by atoms with van der Waals surface area (Å²) in [5, 5.41) is 0. The molecule has 0 bridgehead atoms. The zero-order chi connectivity index (χ0) is 17.4. The molecule has 0 atom stereocenters. The van der Waals surface area contributed by atoms with Gasteiger partial charge in [0.25, 0.3) is 5.91 Å². The van der Waals surface area contributed by atoms with E-state index in [1.807, 2.05) is 0 Å². The monoisotopic (exact) mass is 343 g/mol. The minimum atomic E-state index is -0.415. The second-order valence-corrected chi connectivity index (χ2v) is 6.30. The van der Waals surface area contributed by atoms with E-state index in [0.29, 0.717) is 35.9 Å². The number of hydrogen-bond acceptors (Lipinski definition) is 5. The van der Waals surface area contributed by atoms with Crippen molar-refractivity contribution < 1.29 is 18.7 Å². The molecule has 1 saturated carbocycles. The Morgan fingerprint density at radius 1 is 1.36 bits per heavy atom. The van der Waals surface area contributed by atoms with Gasteiger partial charge in [-0.05, 0) is 37.0 Å². The Labute approximate surface area is 144 Å². The fourth-order valence-electron chi connectivity index (χ4n) is 2.92.